The van der Waals surface area contributed by atoms with Crippen LogP contribution in [0.2, 0.25) is 0 Å². The number of allylic oxidation sites excluding steroid dienone is 3. The summed E-state index contributed by atoms with van der Waals surface area (Å²) in [7, 11) is 0. The number of carbonyl (C=O) groups is 1. The van der Waals surface area contributed by atoms with Gasteiger partial charge in [0.25, 0.3) is 0 Å². The largest absolute Gasteiger partial charge is 0.458 e. The van der Waals surface area contributed by atoms with Crippen molar-refractivity contribution in [1.82, 2.24) is 0 Å². The zero-order chi connectivity index (χ0) is 29.0. The summed E-state index contributed by atoms with van der Waals surface area (Å²) < 4.78 is 11.5. The number of cyclic esters (lactones) is 1. The van der Waals surface area contributed by atoms with E-state index in [2.05, 4.69) is 46.1 Å². The molecule has 3 N–H and O–H groups in total. The van der Waals surface area contributed by atoms with Gasteiger partial charge in [0.2, 0.25) is 0 Å². The maximum atomic E-state index is 12.3. The zero-order valence-corrected chi connectivity index (χ0v) is 24.9. The van der Waals surface area contributed by atoms with E-state index in [0.717, 1.165) is 44.1 Å². The lowest BCUT2D eigenvalue weighted by Crippen LogP contribution is -2.45. The molecule has 224 valence electrons. The van der Waals surface area contributed by atoms with Gasteiger partial charge in [0.15, 0.2) is 0 Å². The van der Waals surface area contributed by atoms with E-state index in [9.17, 15) is 15.0 Å². The van der Waals surface area contributed by atoms with Gasteiger partial charge in [0.05, 0.1) is 6.10 Å². The number of hydrogen-bond donors (Lipinski definition) is 3. The molecular formula is C34H52O6. The lowest BCUT2D eigenvalue weighted by molar-refractivity contribution is -0.140. The van der Waals surface area contributed by atoms with Gasteiger partial charge in [0.1, 0.15) is 18.3 Å². The van der Waals surface area contributed by atoms with E-state index in [0.29, 0.717) is 48.3 Å². The molecule has 1 aliphatic heterocycles. The van der Waals surface area contributed by atoms with Crippen LogP contribution < -0.4 is 0 Å². The van der Waals surface area contributed by atoms with Crippen molar-refractivity contribution in [2.75, 3.05) is 13.2 Å². The van der Waals surface area contributed by atoms with Crippen LogP contribution in [0.3, 0.4) is 0 Å². The van der Waals surface area contributed by atoms with E-state index < -0.39 is 18.3 Å². The van der Waals surface area contributed by atoms with Gasteiger partial charge in [0, 0.05) is 31.1 Å². The van der Waals surface area contributed by atoms with Gasteiger partial charge in [-0.05, 0) is 85.7 Å². The predicted octanol–water partition coefficient (Wildman–Crippen LogP) is 5.82. The monoisotopic (exact) mass is 556 g/mol. The minimum absolute atomic E-state index is 0.0154. The molecule has 0 amide bonds. The third-order valence-corrected chi connectivity index (χ3v) is 10.6. The Hall–Kier alpha value is -1.73. The summed E-state index contributed by atoms with van der Waals surface area (Å²) in [6, 6.07) is 0. The van der Waals surface area contributed by atoms with E-state index in [1.54, 1.807) is 0 Å². The molecule has 1 heterocycles. The molecule has 6 heteroatoms. The Morgan fingerprint density at radius 1 is 1.18 bits per heavy atom. The number of fused-ring (bicyclic) bond motifs is 1. The summed E-state index contributed by atoms with van der Waals surface area (Å²) in [4.78, 5) is 12.3. The fourth-order valence-electron chi connectivity index (χ4n) is 8.35. The molecule has 0 aromatic carbocycles. The first kappa shape index (κ1) is 31.2. The highest BCUT2D eigenvalue weighted by atomic mass is 16.6. The number of aliphatic hydroxyl groups excluding tert-OH is 3. The van der Waals surface area contributed by atoms with Gasteiger partial charge in [-0.25, -0.2) is 4.79 Å². The van der Waals surface area contributed by atoms with Gasteiger partial charge < -0.3 is 24.8 Å². The molecule has 4 aliphatic rings. The minimum atomic E-state index is -0.956. The first-order valence-electron chi connectivity index (χ1n) is 15.7. The molecule has 6 nitrogen and oxygen atoms in total. The second-order valence-electron chi connectivity index (χ2n) is 13.1. The molecule has 0 aromatic rings. The van der Waals surface area contributed by atoms with E-state index >= 15 is 0 Å². The van der Waals surface area contributed by atoms with Gasteiger partial charge in [-0.2, -0.15) is 0 Å². The highest BCUT2D eigenvalue weighted by Gasteiger charge is 2.51. The Balaban J connectivity index is 1.44. The summed E-state index contributed by atoms with van der Waals surface area (Å²) in [5.74, 6) is 1.52. The Labute approximate surface area is 241 Å². The Morgan fingerprint density at radius 2 is 1.95 bits per heavy atom. The molecule has 4 rings (SSSR count). The molecule has 0 bridgehead atoms. The highest BCUT2D eigenvalue weighted by Crippen LogP contribution is 2.60. The van der Waals surface area contributed by atoms with Crippen molar-refractivity contribution < 1.29 is 29.6 Å². The quantitative estimate of drug-likeness (QED) is 0.169. The SMILES string of the molecule is C=C1C(=CC=C2CCC[C@]3(C)[C@@H]([C@H](C)C[C@@H]4OC(=O)C(=C)[C@H]4CCCC)CC[C@@H]23)C[C@@H](O)[C@H](OCCCO)[C@@H]1O. The number of esters is 1. The summed E-state index contributed by atoms with van der Waals surface area (Å²) in [5.41, 5.74) is 3.84. The average Bonchev–Trinajstić information content (AvgIpc) is 3.41. The second kappa shape index (κ2) is 13.5. The smallest absolute Gasteiger partial charge is 0.334 e. The summed E-state index contributed by atoms with van der Waals surface area (Å²) in [5, 5.41) is 30.5. The van der Waals surface area contributed by atoms with Crippen molar-refractivity contribution in [2.24, 2.45) is 29.1 Å². The topological polar surface area (TPSA) is 96.2 Å². The van der Waals surface area contributed by atoms with E-state index in [1.807, 2.05) is 0 Å². The van der Waals surface area contributed by atoms with Crippen molar-refractivity contribution in [3.8, 4) is 0 Å². The van der Waals surface area contributed by atoms with E-state index in [-0.39, 0.29) is 30.0 Å². The van der Waals surface area contributed by atoms with Gasteiger partial charge in [-0.15, -0.1) is 0 Å². The Bertz CT molecular complexity index is 996. The molecule has 0 unspecified atom stereocenters. The summed E-state index contributed by atoms with van der Waals surface area (Å²) in [6.07, 6.45) is 12.6. The Morgan fingerprint density at radius 3 is 2.67 bits per heavy atom. The number of hydrogen-bond acceptors (Lipinski definition) is 6. The number of aliphatic hydroxyl groups is 3. The number of rotatable bonds is 11. The minimum Gasteiger partial charge on any atom is -0.458 e. The van der Waals surface area contributed by atoms with Crippen LogP contribution in [0.4, 0.5) is 0 Å². The average molecular weight is 557 g/mol. The molecule has 40 heavy (non-hydrogen) atoms. The maximum absolute atomic E-state index is 12.3. The van der Waals surface area contributed by atoms with Crippen LogP contribution in [0.1, 0.15) is 91.4 Å². The van der Waals surface area contributed by atoms with Crippen LogP contribution in [0.25, 0.3) is 0 Å². The third kappa shape index (κ3) is 6.35. The molecular weight excluding hydrogens is 504 g/mol. The fourth-order valence-corrected chi connectivity index (χ4v) is 8.35. The lowest BCUT2D eigenvalue weighted by atomic mass is 9.60. The van der Waals surface area contributed by atoms with Crippen LogP contribution in [-0.4, -0.2) is 58.9 Å². The molecule has 0 spiro atoms. The zero-order valence-electron chi connectivity index (χ0n) is 24.9. The normalized spacial score (nSPS) is 39.1. The fraction of sp³-hybridized carbons (Fsp3) is 0.735. The molecule has 1 saturated heterocycles. The van der Waals surface area contributed by atoms with Gasteiger partial charge >= 0.3 is 5.97 Å². The summed E-state index contributed by atoms with van der Waals surface area (Å²) >= 11 is 0. The standard InChI is InChI=1S/C34H52O6/c1-6-7-11-26-23(4)33(38)40-30(26)19-21(2)27-14-15-28-24(10-8-16-34(27,28)5)12-13-25-20-29(36)32(31(37)22(25)3)39-18-9-17-35/h12-13,21,26-32,35-37H,3-4,6-11,14-20H2,1-2,5H3/t21-,26-,27-,28+,29-,30+,31-,32+,34-/m1/s1. The van der Waals surface area contributed by atoms with Crippen molar-refractivity contribution in [1.29, 1.82) is 0 Å². The van der Waals surface area contributed by atoms with Crippen LogP contribution in [0.15, 0.2) is 47.6 Å². The first-order valence-corrected chi connectivity index (χ1v) is 15.7. The van der Waals surface area contributed by atoms with Gasteiger partial charge in [-0.3, -0.25) is 0 Å². The Kier molecular flexibility index (Phi) is 10.5. The molecule has 0 aromatic heterocycles. The van der Waals surface area contributed by atoms with Crippen LogP contribution >= 0.6 is 0 Å². The lowest BCUT2D eigenvalue weighted by Gasteiger charge is -2.45. The molecule has 0 radical (unpaired) electrons. The van der Waals surface area contributed by atoms with Crippen LogP contribution in [-0.2, 0) is 14.3 Å². The van der Waals surface area contributed by atoms with Crippen molar-refractivity contribution in [3.63, 3.8) is 0 Å². The summed E-state index contributed by atoms with van der Waals surface area (Å²) in [6.45, 7) is 15.5. The van der Waals surface area contributed by atoms with Crippen molar-refractivity contribution in [2.45, 2.75) is 116 Å². The molecule has 4 fully saturated rings. The number of unbranched alkanes of at least 4 members (excludes halogenated alkanes) is 1. The molecule has 3 saturated carbocycles. The highest BCUT2D eigenvalue weighted by molar-refractivity contribution is 5.90. The van der Waals surface area contributed by atoms with Crippen molar-refractivity contribution >= 4 is 5.97 Å². The van der Waals surface area contributed by atoms with Crippen molar-refractivity contribution in [3.05, 3.63) is 47.6 Å². The van der Waals surface area contributed by atoms with Crippen LogP contribution in [0.5, 0.6) is 0 Å². The first-order chi connectivity index (χ1) is 19.1. The number of ether oxygens (including phenoxy) is 2. The number of carbonyl (C=O) groups excluding carboxylic acids is 1. The maximum Gasteiger partial charge on any atom is 0.334 e. The second-order valence-corrected chi connectivity index (χ2v) is 13.1. The van der Waals surface area contributed by atoms with E-state index in [4.69, 9.17) is 14.6 Å². The van der Waals surface area contributed by atoms with Crippen LogP contribution in [0, 0.1) is 29.1 Å². The predicted molar refractivity (Wildman–Crippen MR) is 157 cm³/mol. The third-order valence-electron chi connectivity index (χ3n) is 10.6. The molecule has 9 atom stereocenters. The van der Waals surface area contributed by atoms with Gasteiger partial charge in [-0.1, -0.05) is 64.5 Å². The molecule has 3 aliphatic carbocycles. The van der Waals surface area contributed by atoms with E-state index in [1.165, 1.54) is 24.8 Å².